The summed E-state index contributed by atoms with van der Waals surface area (Å²) in [6.45, 7) is 7.20. The molecule has 4 aliphatic rings. The normalized spacial score (nSPS) is 28.8. The first-order valence-corrected chi connectivity index (χ1v) is 18.4. The first-order chi connectivity index (χ1) is 14.2. The van der Waals surface area contributed by atoms with Gasteiger partial charge in [0.1, 0.15) is 0 Å². The van der Waals surface area contributed by atoms with Crippen molar-refractivity contribution in [2.45, 2.75) is 139 Å². The summed E-state index contributed by atoms with van der Waals surface area (Å²) in [5.74, 6) is 1.77. The minimum Gasteiger partial charge on any atom is 0 e. The standard InChI is InChI=1S/C20H36P.C5H10.2ClH.Fe.Pd/c1-16-10-9-15-20(16)17(2)21(18-11-5-3-6-12-18)19-13-7-4-8-14-19;1-2-4-5-3-1;;;;/h16-20H,1,3-15H2,2H3;1-5H2;2*1H;;/q-1;;;;;+2/p-1/t16?,17-,20?;;;;;/m1...../s1. The van der Waals surface area contributed by atoms with Crippen molar-refractivity contribution in [3.05, 3.63) is 6.92 Å². The molecule has 0 heterocycles. The second-order valence-corrected chi connectivity index (χ2v) is 16.0. The molecule has 3 atom stereocenters. The first-order valence-electron chi connectivity index (χ1n) is 12.7. The predicted molar refractivity (Wildman–Crippen MR) is 133 cm³/mol. The van der Waals surface area contributed by atoms with Crippen LogP contribution in [-0.4, -0.2) is 17.0 Å². The van der Waals surface area contributed by atoms with Gasteiger partial charge in [-0.25, -0.2) is 0 Å². The Morgan fingerprint density at radius 2 is 1.03 bits per heavy atom. The molecule has 0 aromatic heterocycles. The molecule has 0 amide bonds. The fraction of sp³-hybridized carbons (Fsp3) is 0.960. The molecule has 4 rings (SSSR count). The van der Waals surface area contributed by atoms with E-state index in [9.17, 15) is 0 Å². The summed E-state index contributed by atoms with van der Waals surface area (Å²) < 4.78 is 0. The Morgan fingerprint density at radius 1 is 0.667 bits per heavy atom. The Labute approximate surface area is 216 Å². The summed E-state index contributed by atoms with van der Waals surface area (Å²) >= 11 is -0.106. The molecular formula is C25H47Cl2FePPd. The van der Waals surface area contributed by atoms with Gasteiger partial charge in [-0.1, -0.05) is 57.8 Å². The summed E-state index contributed by atoms with van der Waals surface area (Å²) in [6.07, 6.45) is 27.4. The van der Waals surface area contributed by atoms with Gasteiger partial charge in [0.2, 0.25) is 0 Å². The molecule has 184 valence electrons. The summed E-state index contributed by atoms with van der Waals surface area (Å²) in [4.78, 5) is 0. The fourth-order valence-corrected chi connectivity index (χ4v) is 12.0. The van der Waals surface area contributed by atoms with Crippen molar-refractivity contribution < 1.29 is 33.0 Å². The number of hydrogen-bond acceptors (Lipinski definition) is 0. The Bertz CT molecular complexity index is 373. The van der Waals surface area contributed by atoms with E-state index < -0.39 is 0 Å². The minimum absolute atomic E-state index is 0. The largest absolute Gasteiger partial charge is 0 e. The van der Waals surface area contributed by atoms with Crippen LogP contribution >= 0.6 is 27.0 Å². The molecule has 0 bridgehead atoms. The Morgan fingerprint density at radius 3 is 1.37 bits per heavy atom. The van der Waals surface area contributed by atoms with Crippen LogP contribution in [-0.2, 0) is 33.0 Å². The summed E-state index contributed by atoms with van der Waals surface area (Å²) in [7, 11) is 9.45. The monoisotopic (exact) mass is 610 g/mol. The van der Waals surface area contributed by atoms with Crippen molar-refractivity contribution in [3.8, 4) is 0 Å². The third-order valence-electron chi connectivity index (χ3n) is 8.29. The number of rotatable bonds is 4. The molecule has 0 aromatic carbocycles. The van der Waals surface area contributed by atoms with Crippen LogP contribution in [0.2, 0.25) is 0 Å². The molecule has 0 radical (unpaired) electrons. The van der Waals surface area contributed by atoms with Crippen molar-refractivity contribution in [2.24, 2.45) is 11.8 Å². The van der Waals surface area contributed by atoms with Gasteiger partial charge < -0.3 is 6.92 Å². The maximum absolute atomic E-state index is 4.81. The van der Waals surface area contributed by atoms with E-state index in [-0.39, 0.29) is 40.9 Å². The van der Waals surface area contributed by atoms with E-state index in [1.54, 1.807) is 25.7 Å². The van der Waals surface area contributed by atoms with Gasteiger partial charge in [-0.2, -0.15) is 5.92 Å². The summed E-state index contributed by atoms with van der Waals surface area (Å²) in [6, 6.07) is 0. The fourth-order valence-electron chi connectivity index (χ4n) is 6.80. The van der Waals surface area contributed by atoms with Crippen molar-refractivity contribution in [3.63, 3.8) is 0 Å². The molecule has 30 heavy (non-hydrogen) atoms. The molecule has 0 spiro atoms. The molecule has 0 N–H and O–H groups in total. The zero-order valence-electron chi connectivity index (χ0n) is 19.2. The van der Waals surface area contributed by atoms with Gasteiger partial charge in [-0.05, 0) is 70.6 Å². The van der Waals surface area contributed by atoms with Gasteiger partial charge in [0.25, 0.3) is 0 Å². The molecule has 0 nitrogen and oxygen atoms in total. The average molecular weight is 612 g/mol. The second-order valence-electron chi connectivity index (χ2n) is 10.1. The van der Waals surface area contributed by atoms with E-state index in [0.717, 1.165) is 28.8 Å². The van der Waals surface area contributed by atoms with Gasteiger partial charge in [-0.15, -0.1) is 0 Å². The summed E-state index contributed by atoms with van der Waals surface area (Å²) in [5.41, 5.74) is 3.37. The van der Waals surface area contributed by atoms with Gasteiger partial charge in [0.05, 0.1) is 17.0 Å². The van der Waals surface area contributed by atoms with Crippen molar-refractivity contribution in [1.82, 2.24) is 0 Å². The molecule has 4 fully saturated rings. The van der Waals surface area contributed by atoms with Crippen LogP contribution in [0.4, 0.5) is 0 Å². The van der Waals surface area contributed by atoms with Crippen molar-refractivity contribution in [1.29, 1.82) is 0 Å². The molecule has 4 aliphatic carbocycles. The van der Waals surface area contributed by atoms with Crippen LogP contribution in [0.15, 0.2) is 0 Å². The van der Waals surface area contributed by atoms with Gasteiger partial charge >= 0.3 is 35.0 Å². The van der Waals surface area contributed by atoms with Gasteiger partial charge in [-0.3, -0.25) is 0 Å². The van der Waals surface area contributed by atoms with Gasteiger partial charge in [0.15, 0.2) is 0 Å². The topological polar surface area (TPSA) is 0 Å². The average Bonchev–Trinajstić information content (AvgIpc) is 3.45. The van der Waals surface area contributed by atoms with Crippen LogP contribution in [0.1, 0.15) is 122 Å². The Kier molecular flexibility index (Phi) is 18.6. The van der Waals surface area contributed by atoms with Crippen LogP contribution < -0.4 is 0 Å². The zero-order chi connectivity index (χ0) is 20.9. The molecule has 0 aromatic rings. The van der Waals surface area contributed by atoms with Crippen molar-refractivity contribution in [2.75, 3.05) is 0 Å². The first kappa shape index (κ1) is 30.2. The third kappa shape index (κ3) is 10.6. The SMILES string of the molecule is C1CCCC1.[CH2-]C1CCCC1[C@@H](C)[PH+](C1CCCCC1)C1CCCCC1.[Cl][Pd][Cl].[Fe]. The van der Waals surface area contributed by atoms with E-state index in [1.807, 2.05) is 0 Å². The van der Waals surface area contributed by atoms with E-state index in [1.165, 1.54) is 89.9 Å². The van der Waals surface area contributed by atoms with Crippen LogP contribution in [0.3, 0.4) is 0 Å². The van der Waals surface area contributed by atoms with E-state index >= 15 is 0 Å². The molecular weight excluding hydrogens is 564 g/mol. The van der Waals surface area contributed by atoms with Crippen LogP contribution in [0.5, 0.6) is 0 Å². The number of halogens is 2. The smallest absolute Gasteiger partial charge is 0 e. The molecule has 4 saturated carbocycles. The predicted octanol–water partition coefficient (Wildman–Crippen LogP) is 9.83. The Balaban J connectivity index is 0.000000424. The maximum Gasteiger partial charge on any atom is 0 e. The quantitative estimate of drug-likeness (QED) is 0.169. The van der Waals surface area contributed by atoms with E-state index in [0.29, 0.717) is 0 Å². The van der Waals surface area contributed by atoms with Crippen LogP contribution in [0, 0.1) is 18.8 Å². The molecule has 5 heteroatoms. The Hall–Kier alpha value is 2.19. The molecule has 2 unspecified atom stereocenters. The van der Waals surface area contributed by atoms with E-state index in [2.05, 4.69) is 13.8 Å². The zero-order valence-corrected chi connectivity index (χ0v) is 24.4. The van der Waals surface area contributed by atoms with Crippen LogP contribution in [0.25, 0.3) is 0 Å². The summed E-state index contributed by atoms with van der Waals surface area (Å²) in [5, 5.41) is 0. The van der Waals surface area contributed by atoms with Crippen molar-refractivity contribution >= 4 is 27.0 Å². The maximum atomic E-state index is 4.81. The van der Waals surface area contributed by atoms with E-state index in [4.69, 9.17) is 19.1 Å². The molecule has 0 aliphatic heterocycles. The van der Waals surface area contributed by atoms with Gasteiger partial charge in [0, 0.05) is 25.0 Å². The second kappa shape index (κ2) is 18.5. The molecule has 0 saturated heterocycles. The third-order valence-corrected chi connectivity index (χ3v) is 12.8. The number of hydrogen-bond donors (Lipinski definition) is 0. The minimum atomic E-state index is -0.179.